The lowest BCUT2D eigenvalue weighted by atomic mass is 10.2. The van der Waals surface area contributed by atoms with Crippen molar-refractivity contribution in [1.82, 2.24) is 9.88 Å². The summed E-state index contributed by atoms with van der Waals surface area (Å²) in [7, 11) is 3.12. The first-order valence-corrected chi connectivity index (χ1v) is 10.3. The molecule has 3 aromatic rings. The Morgan fingerprint density at radius 3 is 2.77 bits per heavy atom. The van der Waals surface area contributed by atoms with E-state index in [2.05, 4.69) is 10.3 Å². The maximum absolute atomic E-state index is 12.9. The first kappa shape index (κ1) is 20.0. The van der Waals surface area contributed by atoms with Crippen molar-refractivity contribution in [2.75, 3.05) is 44.1 Å². The number of nitrogens with zero attached hydrogens (tertiary/aromatic N) is 3. The number of carbonyl (C=O) groups excluding carboxylic acids is 2. The Labute approximate surface area is 178 Å². The molecule has 1 N–H and O–H groups in total. The summed E-state index contributed by atoms with van der Waals surface area (Å²) in [5, 5.41) is 3.33. The molecule has 0 unspecified atom stereocenters. The molecule has 2 aromatic carbocycles. The number of carbonyl (C=O) groups is 2. The number of fused-ring (bicyclic) bond motifs is 1. The Morgan fingerprint density at radius 2 is 2.00 bits per heavy atom. The van der Waals surface area contributed by atoms with Crippen LogP contribution in [-0.2, 0) is 4.79 Å². The smallest absolute Gasteiger partial charge is 0.325 e. The highest BCUT2D eigenvalue weighted by Crippen LogP contribution is 2.34. The molecule has 3 amide bonds. The number of amides is 3. The van der Waals surface area contributed by atoms with E-state index >= 15 is 0 Å². The summed E-state index contributed by atoms with van der Waals surface area (Å²) in [5.41, 5.74) is 2.60. The number of aromatic nitrogens is 1. The third-order valence-electron chi connectivity index (χ3n) is 4.90. The van der Waals surface area contributed by atoms with Gasteiger partial charge in [0.1, 0.15) is 18.0 Å². The average molecular weight is 426 g/mol. The van der Waals surface area contributed by atoms with Gasteiger partial charge in [0, 0.05) is 19.2 Å². The third-order valence-corrected chi connectivity index (χ3v) is 5.83. The molecular weight excluding hydrogens is 404 g/mol. The molecule has 156 valence electrons. The molecule has 1 aromatic heterocycles. The Kier molecular flexibility index (Phi) is 5.45. The maximum Gasteiger partial charge on any atom is 0.325 e. The van der Waals surface area contributed by atoms with E-state index in [9.17, 15) is 9.59 Å². The summed E-state index contributed by atoms with van der Waals surface area (Å²) in [6.45, 7) is 2.86. The van der Waals surface area contributed by atoms with Crippen LogP contribution in [0.1, 0.15) is 5.56 Å². The lowest BCUT2D eigenvalue weighted by molar-refractivity contribution is -0.116. The van der Waals surface area contributed by atoms with Crippen LogP contribution in [0.25, 0.3) is 10.2 Å². The van der Waals surface area contributed by atoms with Gasteiger partial charge in [-0.3, -0.25) is 9.69 Å². The van der Waals surface area contributed by atoms with Crippen molar-refractivity contribution >= 4 is 44.3 Å². The first-order chi connectivity index (χ1) is 14.5. The number of thiazole rings is 1. The predicted molar refractivity (Wildman–Crippen MR) is 117 cm³/mol. The summed E-state index contributed by atoms with van der Waals surface area (Å²) in [4.78, 5) is 33.0. The number of hydrogen-bond donors (Lipinski definition) is 1. The van der Waals surface area contributed by atoms with Crippen LogP contribution >= 0.6 is 11.3 Å². The standard InChI is InChI=1S/C21H22N4O4S/c1-13-4-6-15-18(10-13)30-20(22-15)23-19(26)12-24-8-9-25(21(24)27)16-11-14(28-2)5-7-17(16)29-3/h4-7,10-11H,8-9,12H2,1-3H3,(H,22,23,26). The van der Waals surface area contributed by atoms with E-state index in [0.717, 1.165) is 15.8 Å². The van der Waals surface area contributed by atoms with Crippen molar-refractivity contribution < 1.29 is 19.1 Å². The van der Waals surface area contributed by atoms with Crippen molar-refractivity contribution in [3.63, 3.8) is 0 Å². The molecule has 0 bridgehead atoms. The molecule has 0 radical (unpaired) electrons. The zero-order valence-corrected chi connectivity index (χ0v) is 17.8. The van der Waals surface area contributed by atoms with Gasteiger partial charge in [0.15, 0.2) is 5.13 Å². The molecular formula is C21H22N4O4S. The van der Waals surface area contributed by atoms with E-state index in [1.807, 2.05) is 25.1 Å². The zero-order valence-electron chi connectivity index (χ0n) is 17.0. The summed E-state index contributed by atoms with van der Waals surface area (Å²) in [6, 6.07) is 11.0. The Balaban J connectivity index is 1.44. The van der Waals surface area contributed by atoms with Crippen LogP contribution in [0.3, 0.4) is 0 Å². The zero-order chi connectivity index (χ0) is 21.3. The summed E-state index contributed by atoms with van der Waals surface area (Å²) >= 11 is 1.42. The van der Waals surface area contributed by atoms with Crippen LogP contribution in [0.2, 0.25) is 0 Å². The molecule has 0 saturated carbocycles. The van der Waals surface area contributed by atoms with E-state index in [0.29, 0.717) is 35.4 Å². The first-order valence-electron chi connectivity index (χ1n) is 9.44. The number of ether oxygens (including phenoxy) is 2. The molecule has 1 aliphatic rings. The van der Waals surface area contributed by atoms with Gasteiger partial charge in [-0.25, -0.2) is 9.78 Å². The number of anilines is 2. The summed E-state index contributed by atoms with van der Waals surface area (Å²) in [6.07, 6.45) is 0. The molecule has 9 heteroatoms. The molecule has 2 heterocycles. The van der Waals surface area contributed by atoms with Crippen LogP contribution in [0.15, 0.2) is 36.4 Å². The van der Waals surface area contributed by atoms with Gasteiger partial charge < -0.3 is 19.7 Å². The molecule has 0 aliphatic carbocycles. The fourth-order valence-electron chi connectivity index (χ4n) is 3.38. The molecule has 1 aliphatic heterocycles. The van der Waals surface area contributed by atoms with Gasteiger partial charge in [0.2, 0.25) is 5.91 Å². The molecule has 30 heavy (non-hydrogen) atoms. The molecule has 1 fully saturated rings. The van der Waals surface area contributed by atoms with E-state index in [-0.39, 0.29) is 18.5 Å². The number of urea groups is 1. The normalized spacial score (nSPS) is 13.8. The van der Waals surface area contributed by atoms with E-state index in [1.54, 1.807) is 37.3 Å². The van der Waals surface area contributed by atoms with Gasteiger partial charge in [-0.1, -0.05) is 17.4 Å². The minimum Gasteiger partial charge on any atom is -0.497 e. The van der Waals surface area contributed by atoms with Crippen LogP contribution in [0.4, 0.5) is 15.6 Å². The number of rotatable bonds is 6. The predicted octanol–water partition coefficient (Wildman–Crippen LogP) is 3.50. The number of nitrogens with one attached hydrogen (secondary N) is 1. The monoisotopic (exact) mass is 426 g/mol. The topological polar surface area (TPSA) is 84.0 Å². The Bertz CT molecular complexity index is 1110. The lowest BCUT2D eigenvalue weighted by Gasteiger charge is -2.20. The highest BCUT2D eigenvalue weighted by atomic mass is 32.1. The lowest BCUT2D eigenvalue weighted by Crippen LogP contribution is -2.37. The van der Waals surface area contributed by atoms with E-state index < -0.39 is 0 Å². The highest BCUT2D eigenvalue weighted by Gasteiger charge is 2.32. The molecule has 4 rings (SSSR count). The number of benzene rings is 2. The minimum atomic E-state index is -0.279. The van der Waals surface area contributed by atoms with E-state index in [1.165, 1.54) is 16.2 Å². The second-order valence-electron chi connectivity index (χ2n) is 6.93. The highest BCUT2D eigenvalue weighted by molar-refractivity contribution is 7.22. The van der Waals surface area contributed by atoms with Crippen molar-refractivity contribution in [2.45, 2.75) is 6.92 Å². The maximum atomic E-state index is 12.9. The van der Waals surface area contributed by atoms with Gasteiger partial charge >= 0.3 is 6.03 Å². The molecule has 8 nitrogen and oxygen atoms in total. The largest absolute Gasteiger partial charge is 0.497 e. The number of hydrogen-bond acceptors (Lipinski definition) is 6. The quantitative estimate of drug-likeness (QED) is 0.652. The van der Waals surface area contributed by atoms with Gasteiger partial charge in [0.25, 0.3) is 0 Å². The van der Waals surface area contributed by atoms with Gasteiger partial charge in [-0.15, -0.1) is 0 Å². The van der Waals surface area contributed by atoms with Gasteiger partial charge in [-0.2, -0.15) is 0 Å². The van der Waals surface area contributed by atoms with Crippen molar-refractivity contribution in [3.8, 4) is 11.5 Å². The molecule has 0 spiro atoms. The van der Waals surface area contributed by atoms with Crippen molar-refractivity contribution in [3.05, 3.63) is 42.0 Å². The number of methoxy groups -OCH3 is 2. The van der Waals surface area contributed by atoms with Crippen molar-refractivity contribution in [2.24, 2.45) is 0 Å². The number of aryl methyl sites for hydroxylation is 1. The SMILES string of the molecule is COc1ccc(OC)c(N2CCN(CC(=O)Nc3nc4ccc(C)cc4s3)C2=O)c1. The van der Waals surface area contributed by atoms with Gasteiger partial charge in [0.05, 0.1) is 30.1 Å². The second kappa shape index (κ2) is 8.19. The summed E-state index contributed by atoms with van der Waals surface area (Å²) < 4.78 is 11.7. The second-order valence-corrected chi connectivity index (χ2v) is 7.96. The Morgan fingerprint density at radius 1 is 1.17 bits per heavy atom. The average Bonchev–Trinajstić information content (AvgIpc) is 3.29. The fourth-order valence-corrected chi connectivity index (χ4v) is 4.36. The minimum absolute atomic E-state index is 0.0451. The Hall–Kier alpha value is -3.33. The molecule has 0 atom stereocenters. The third kappa shape index (κ3) is 3.88. The van der Waals surface area contributed by atoms with Gasteiger partial charge in [-0.05, 0) is 36.8 Å². The van der Waals surface area contributed by atoms with Crippen LogP contribution in [-0.4, -0.2) is 55.7 Å². The van der Waals surface area contributed by atoms with E-state index in [4.69, 9.17) is 9.47 Å². The fraction of sp³-hybridized carbons (Fsp3) is 0.286. The van der Waals surface area contributed by atoms with Crippen LogP contribution in [0, 0.1) is 6.92 Å². The molecule has 1 saturated heterocycles. The van der Waals surface area contributed by atoms with Crippen LogP contribution in [0.5, 0.6) is 11.5 Å². The van der Waals surface area contributed by atoms with Crippen LogP contribution < -0.4 is 19.7 Å². The van der Waals surface area contributed by atoms with Crippen molar-refractivity contribution in [1.29, 1.82) is 0 Å². The summed E-state index contributed by atoms with van der Waals surface area (Å²) in [5.74, 6) is 0.916.